The summed E-state index contributed by atoms with van der Waals surface area (Å²) in [6.45, 7) is 5.55. The summed E-state index contributed by atoms with van der Waals surface area (Å²) >= 11 is 0. The molecule has 0 fully saturated rings. The van der Waals surface area contributed by atoms with E-state index >= 15 is 0 Å². The minimum absolute atomic E-state index is 1.09. The van der Waals surface area contributed by atoms with E-state index < -0.39 is 0 Å². The number of hydrogen-bond donors (Lipinski definition) is 1. The lowest BCUT2D eigenvalue weighted by atomic mass is 10.2. The molecule has 0 aromatic heterocycles. The average molecular weight is 220 g/mol. The molecule has 1 N–H and O–H groups in total. The Hall–Kier alpha value is -1.02. The van der Waals surface area contributed by atoms with Gasteiger partial charge in [-0.2, -0.15) is 0 Å². The topological polar surface area (TPSA) is 15.3 Å². The summed E-state index contributed by atoms with van der Waals surface area (Å²) < 4.78 is 0. The van der Waals surface area contributed by atoms with Crippen LogP contribution >= 0.6 is 0 Å². The van der Waals surface area contributed by atoms with Gasteiger partial charge in [-0.25, -0.2) is 0 Å². The second kappa shape index (κ2) is 8.17. The molecule has 0 bridgehead atoms. The zero-order valence-electron chi connectivity index (χ0n) is 10.6. The zero-order chi connectivity index (χ0) is 11.6. The maximum Gasteiger partial charge on any atom is 0.0363 e. The van der Waals surface area contributed by atoms with Gasteiger partial charge in [0.15, 0.2) is 0 Å². The van der Waals surface area contributed by atoms with Crippen molar-refractivity contribution in [3.8, 4) is 0 Å². The van der Waals surface area contributed by atoms with Crippen LogP contribution < -0.4 is 10.2 Å². The van der Waals surface area contributed by atoms with Crippen molar-refractivity contribution < 1.29 is 0 Å². The zero-order valence-corrected chi connectivity index (χ0v) is 10.6. The first kappa shape index (κ1) is 13.0. The summed E-state index contributed by atoms with van der Waals surface area (Å²) in [4.78, 5) is 2.33. The molecule has 0 aliphatic carbocycles. The standard InChI is InChI=1S/C14H24N2/c1-3-15-12-8-5-9-13-16(2)14-10-6-4-7-11-14/h4,6-7,10-11,15H,3,5,8-9,12-13H2,1-2H3. The molecule has 0 aliphatic rings. The largest absolute Gasteiger partial charge is 0.375 e. The summed E-state index contributed by atoms with van der Waals surface area (Å²) in [5, 5.41) is 3.35. The van der Waals surface area contributed by atoms with Crippen molar-refractivity contribution in [3.63, 3.8) is 0 Å². The normalized spacial score (nSPS) is 10.4. The van der Waals surface area contributed by atoms with Crippen LogP contribution in [0, 0.1) is 0 Å². The van der Waals surface area contributed by atoms with Crippen molar-refractivity contribution >= 4 is 5.69 Å². The Bertz CT molecular complexity index is 259. The average Bonchev–Trinajstić information content (AvgIpc) is 2.34. The van der Waals surface area contributed by atoms with E-state index in [9.17, 15) is 0 Å². The summed E-state index contributed by atoms with van der Waals surface area (Å²) in [5.74, 6) is 0. The Balaban J connectivity index is 2.09. The molecule has 1 aromatic rings. The number of hydrogen-bond acceptors (Lipinski definition) is 2. The number of nitrogens with zero attached hydrogens (tertiary/aromatic N) is 1. The van der Waals surface area contributed by atoms with Crippen molar-refractivity contribution in [2.24, 2.45) is 0 Å². The monoisotopic (exact) mass is 220 g/mol. The fourth-order valence-corrected chi connectivity index (χ4v) is 1.76. The summed E-state index contributed by atoms with van der Waals surface area (Å²) in [5.41, 5.74) is 1.31. The van der Waals surface area contributed by atoms with Gasteiger partial charge in [-0.3, -0.25) is 0 Å². The lowest BCUT2D eigenvalue weighted by Crippen LogP contribution is -2.19. The van der Waals surface area contributed by atoms with Crippen LogP contribution in [0.4, 0.5) is 5.69 Å². The van der Waals surface area contributed by atoms with E-state index in [1.165, 1.54) is 24.9 Å². The predicted octanol–water partition coefficient (Wildman–Crippen LogP) is 2.90. The third kappa shape index (κ3) is 5.17. The Morgan fingerprint density at radius 2 is 1.81 bits per heavy atom. The number of nitrogens with one attached hydrogen (secondary N) is 1. The van der Waals surface area contributed by atoms with Crippen LogP contribution in [0.15, 0.2) is 30.3 Å². The number of anilines is 1. The molecular weight excluding hydrogens is 196 g/mol. The molecule has 2 heteroatoms. The summed E-state index contributed by atoms with van der Waals surface area (Å²) in [7, 11) is 2.17. The van der Waals surface area contributed by atoms with Crippen LogP contribution in [-0.2, 0) is 0 Å². The second-order valence-corrected chi connectivity index (χ2v) is 4.17. The maximum atomic E-state index is 3.35. The van der Waals surface area contributed by atoms with E-state index in [4.69, 9.17) is 0 Å². The van der Waals surface area contributed by atoms with Gasteiger partial charge >= 0.3 is 0 Å². The van der Waals surface area contributed by atoms with Crippen molar-refractivity contribution in [3.05, 3.63) is 30.3 Å². The first-order chi connectivity index (χ1) is 7.84. The van der Waals surface area contributed by atoms with Crippen molar-refractivity contribution in [1.29, 1.82) is 0 Å². The fraction of sp³-hybridized carbons (Fsp3) is 0.571. The molecule has 0 saturated heterocycles. The maximum absolute atomic E-state index is 3.35. The molecule has 0 unspecified atom stereocenters. The number of rotatable bonds is 8. The van der Waals surface area contributed by atoms with Gasteiger partial charge in [0.25, 0.3) is 0 Å². The van der Waals surface area contributed by atoms with Gasteiger partial charge in [-0.15, -0.1) is 0 Å². The Kier molecular flexibility index (Phi) is 6.66. The van der Waals surface area contributed by atoms with E-state index in [1.807, 2.05) is 0 Å². The molecule has 0 aliphatic heterocycles. The lowest BCUT2D eigenvalue weighted by molar-refractivity contribution is 0.615. The first-order valence-electron chi connectivity index (χ1n) is 6.31. The molecule has 16 heavy (non-hydrogen) atoms. The van der Waals surface area contributed by atoms with Crippen LogP contribution in [0.5, 0.6) is 0 Å². The molecule has 0 atom stereocenters. The highest BCUT2D eigenvalue weighted by molar-refractivity contribution is 5.44. The Morgan fingerprint density at radius 3 is 2.50 bits per heavy atom. The van der Waals surface area contributed by atoms with Gasteiger partial charge in [0.2, 0.25) is 0 Å². The highest BCUT2D eigenvalue weighted by Crippen LogP contribution is 2.11. The van der Waals surface area contributed by atoms with E-state index in [2.05, 4.69) is 54.5 Å². The molecular formula is C14H24N2. The highest BCUT2D eigenvalue weighted by atomic mass is 15.1. The van der Waals surface area contributed by atoms with Crippen LogP contribution in [0.1, 0.15) is 26.2 Å². The van der Waals surface area contributed by atoms with E-state index in [1.54, 1.807) is 0 Å². The lowest BCUT2D eigenvalue weighted by Gasteiger charge is -2.18. The van der Waals surface area contributed by atoms with Gasteiger partial charge in [0, 0.05) is 19.3 Å². The number of unbranched alkanes of at least 4 members (excludes halogenated alkanes) is 2. The molecule has 0 radical (unpaired) electrons. The quantitative estimate of drug-likeness (QED) is 0.678. The first-order valence-corrected chi connectivity index (χ1v) is 6.31. The minimum Gasteiger partial charge on any atom is -0.375 e. The molecule has 2 nitrogen and oxygen atoms in total. The third-order valence-electron chi connectivity index (χ3n) is 2.79. The van der Waals surface area contributed by atoms with E-state index in [-0.39, 0.29) is 0 Å². The number of para-hydroxylation sites is 1. The van der Waals surface area contributed by atoms with Gasteiger partial charge in [0.05, 0.1) is 0 Å². The third-order valence-corrected chi connectivity index (χ3v) is 2.79. The smallest absolute Gasteiger partial charge is 0.0363 e. The van der Waals surface area contributed by atoms with Crippen LogP contribution in [0.3, 0.4) is 0 Å². The molecule has 0 amide bonds. The molecule has 1 rings (SSSR count). The Labute approximate surface area is 99.7 Å². The van der Waals surface area contributed by atoms with E-state index in [0.29, 0.717) is 0 Å². The van der Waals surface area contributed by atoms with Crippen molar-refractivity contribution in [2.75, 3.05) is 31.6 Å². The fourth-order valence-electron chi connectivity index (χ4n) is 1.76. The molecule has 0 saturated carbocycles. The van der Waals surface area contributed by atoms with E-state index in [0.717, 1.165) is 19.6 Å². The molecule has 0 heterocycles. The summed E-state index contributed by atoms with van der Waals surface area (Å²) in [6.07, 6.45) is 3.87. The van der Waals surface area contributed by atoms with Gasteiger partial charge in [0.1, 0.15) is 0 Å². The van der Waals surface area contributed by atoms with Gasteiger partial charge < -0.3 is 10.2 Å². The Morgan fingerprint density at radius 1 is 1.06 bits per heavy atom. The van der Waals surface area contributed by atoms with Crippen molar-refractivity contribution in [2.45, 2.75) is 26.2 Å². The minimum atomic E-state index is 1.09. The van der Waals surface area contributed by atoms with Gasteiger partial charge in [-0.05, 0) is 38.1 Å². The predicted molar refractivity (Wildman–Crippen MR) is 72.1 cm³/mol. The van der Waals surface area contributed by atoms with Crippen LogP contribution in [0.2, 0.25) is 0 Å². The second-order valence-electron chi connectivity index (χ2n) is 4.17. The molecule has 1 aromatic carbocycles. The van der Waals surface area contributed by atoms with Crippen LogP contribution in [-0.4, -0.2) is 26.7 Å². The van der Waals surface area contributed by atoms with Crippen molar-refractivity contribution in [1.82, 2.24) is 5.32 Å². The molecule has 90 valence electrons. The van der Waals surface area contributed by atoms with Gasteiger partial charge in [-0.1, -0.05) is 31.5 Å². The number of benzene rings is 1. The molecule has 0 spiro atoms. The summed E-state index contributed by atoms with van der Waals surface area (Å²) in [6, 6.07) is 10.6. The SMILES string of the molecule is CCNCCCCCN(C)c1ccccc1. The highest BCUT2D eigenvalue weighted by Gasteiger charge is 1.98. The van der Waals surface area contributed by atoms with Crippen LogP contribution in [0.25, 0.3) is 0 Å².